The van der Waals surface area contributed by atoms with E-state index in [1.54, 1.807) is 36.4 Å². The molecule has 0 atom stereocenters. The smallest absolute Gasteiger partial charge is 0.153 e. The third-order valence-corrected chi connectivity index (χ3v) is 9.99. The van der Waals surface area contributed by atoms with Gasteiger partial charge in [-0.05, 0) is 61.0 Å². The van der Waals surface area contributed by atoms with Gasteiger partial charge in [-0.2, -0.15) is 0 Å². The molecular formula is C34H48N6O4S2. The minimum absolute atomic E-state index is 0.446. The van der Waals surface area contributed by atoms with Crippen LogP contribution in [-0.4, -0.2) is 37.3 Å². The monoisotopic (exact) mass is 668 g/mol. The molecule has 0 aliphatic rings. The maximum atomic E-state index is 11.2. The molecule has 0 amide bonds. The minimum atomic E-state index is 0.446. The van der Waals surface area contributed by atoms with Crippen molar-refractivity contribution >= 4 is 45.5 Å². The van der Waals surface area contributed by atoms with Crippen LogP contribution in [0.5, 0.6) is 11.5 Å². The van der Waals surface area contributed by atoms with E-state index >= 15 is 0 Å². The molecule has 0 bridgehead atoms. The van der Waals surface area contributed by atoms with E-state index in [9.17, 15) is 9.59 Å². The Labute approximate surface area is 281 Å². The van der Waals surface area contributed by atoms with Crippen molar-refractivity contribution in [2.45, 2.75) is 103 Å². The van der Waals surface area contributed by atoms with Gasteiger partial charge < -0.3 is 9.47 Å². The fourth-order valence-corrected chi connectivity index (χ4v) is 7.14. The van der Waals surface area contributed by atoms with Gasteiger partial charge in [0.2, 0.25) is 0 Å². The lowest BCUT2D eigenvalue weighted by Gasteiger charge is -2.09. The zero-order valence-electron chi connectivity index (χ0n) is 26.9. The molecule has 0 spiro atoms. The normalized spacial score (nSPS) is 10.5. The average Bonchev–Trinajstić information content (AvgIpc) is 3.07. The summed E-state index contributed by atoms with van der Waals surface area (Å²) in [6.45, 7) is 1.11. The van der Waals surface area contributed by atoms with Gasteiger partial charge in [-0.25, -0.2) is 0 Å². The first-order valence-corrected chi connectivity index (χ1v) is 19.0. The summed E-state index contributed by atoms with van der Waals surface area (Å²) < 4.78 is 11.5. The Morgan fingerprint density at radius 3 is 1.24 bits per heavy atom. The molecule has 46 heavy (non-hydrogen) atoms. The van der Waals surface area contributed by atoms with Crippen molar-refractivity contribution in [1.82, 2.24) is 0 Å². The number of aldehydes is 2. The topological polar surface area (TPSA) is 150 Å². The van der Waals surface area contributed by atoms with Crippen LogP contribution < -0.4 is 9.47 Å². The summed E-state index contributed by atoms with van der Waals surface area (Å²) in [7, 11) is 4.05. The van der Waals surface area contributed by atoms with Gasteiger partial charge in [0, 0.05) is 32.7 Å². The first-order chi connectivity index (χ1) is 22.7. The Balaban J connectivity index is 1.30. The summed E-state index contributed by atoms with van der Waals surface area (Å²) in [5.74, 6) is 3.44. The molecule has 0 aliphatic heterocycles. The zero-order chi connectivity index (χ0) is 32.9. The van der Waals surface area contributed by atoms with E-state index in [0.717, 1.165) is 38.3 Å². The number of hydrogen-bond acceptors (Lipinski definition) is 8. The Kier molecular flexibility index (Phi) is 22.7. The van der Waals surface area contributed by atoms with Crippen LogP contribution in [0.25, 0.3) is 20.9 Å². The highest BCUT2D eigenvalue weighted by Crippen LogP contribution is 2.27. The van der Waals surface area contributed by atoms with Crippen LogP contribution in [0.1, 0.15) is 123 Å². The van der Waals surface area contributed by atoms with E-state index < -0.39 is 0 Å². The van der Waals surface area contributed by atoms with E-state index in [4.69, 9.17) is 20.5 Å². The predicted molar refractivity (Wildman–Crippen MR) is 191 cm³/mol. The number of ether oxygens (including phenoxy) is 2. The molecule has 2 aromatic carbocycles. The number of azide groups is 2. The number of nitrogens with zero attached hydrogens (tertiary/aromatic N) is 6. The Bertz CT molecular complexity index is 1160. The van der Waals surface area contributed by atoms with Crippen molar-refractivity contribution in [3.8, 4) is 11.5 Å². The van der Waals surface area contributed by atoms with Crippen molar-refractivity contribution in [3.63, 3.8) is 0 Å². The summed E-state index contributed by atoms with van der Waals surface area (Å²) >= 11 is 0. The minimum Gasteiger partial charge on any atom is -0.493 e. The van der Waals surface area contributed by atoms with Crippen molar-refractivity contribution in [2.24, 2.45) is 10.2 Å². The Hall–Kier alpha value is -3.30. The van der Waals surface area contributed by atoms with Crippen LogP contribution in [0.15, 0.2) is 46.6 Å². The lowest BCUT2D eigenvalue weighted by atomic mass is 10.1. The van der Waals surface area contributed by atoms with Crippen LogP contribution in [0, 0.1) is 0 Å². The number of hydrogen-bond donors (Lipinski definition) is 0. The van der Waals surface area contributed by atoms with Crippen LogP contribution in [0.4, 0.5) is 11.4 Å². The van der Waals surface area contributed by atoms with Crippen molar-refractivity contribution in [1.29, 1.82) is 0 Å². The molecule has 0 N–H and O–H groups in total. The number of rotatable bonds is 29. The van der Waals surface area contributed by atoms with Crippen molar-refractivity contribution in [3.05, 3.63) is 68.4 Å². The van der Waals surface area contributed by atoms with Gasteiger partial charge in [-0.15, -0.1) is 0 Å². The Morgan fingerprint density at radius 2 is 0.891 bits per heavy atom. The third-order valence-electron chi connectivity index (χ3n) is 7.41. The van der Waals surface area contributed by atoms with E-state index in [2.05, 4.69) is 20.1 Å². The predicted octanol–water partition coefficient (Wildman–Crippen LogP) is 12.3. The lowest BCUT2D eigenvalue weighted by Crippen LogP contribution is -2.00. The molecule has 12 heteroatoms. The summed E-state index contributed by atoms with van der Waals surface area (Å²) in [5.41, 5.74) is 19.0. The summed E-state index contributed by atoms with van der Waals surface area (Å²) in [5, 5.41) is 7.13. The molecule has 2 rings (SSSR count). The average molecular weight is 669 g/mol. The van der Waals surface area contributed by atoms with Gasteiger partial charge in [0.15, 0.2) is 12.6 Å². The third kappa shape index (κ3) is 18.0. The maximum absolute atomic E-state index is 11.2. The van der Waals surface area contributed by atoms with Gasteiger partial charge in [-0.1, -0.05) is 121 Å². The van der Waals surface area contributed by atoms with E-state index in [0.29, 0.717) is 47.2 Å². The van der Waals surface area contributed by atoms with E-state index in [1.165, 1.54) is 88.6 Å². The molecule has 10 nitrogen and oxygen atoms in total. The van der Waals surface area contributed by atoms with E-state index in [1.807, 2.05) is 21.6 Å². The first kappa shape index (κ1) is 38.9. The van der Waals surface area contributed by atoms with Crippen LogP contribution in [0.2, 0.25) is 0 Å². The highest BCUT2D eigenvalue weighted by molar-refractivity contribution is 8.76. The maximum Gasteiger partial charge on any atom is 0.153 e. The summed E-state index contributed by atoms with van der Waals surface area (Å²) in [4.78, 5) is 27.9. The van der Waals surface area contributed by atoms with E-state index in [-0.39, 0.29) is 0 Å². The zero-order valence-corrected chi connectivity index (χ0v) is 28.5. The molecule has 0 fully saturated rings. The molecule has 2 aromatic rings. The fraction of sp³-hybridized carbons (Fsp3) is 0.588. The summed E-state index contributed by atoms with van der Waals surface area (Å²) in [6.07, 6.45) is 20.9. The number of unbranched alkanes of at least 4 members (excludes halogenated alkanes) is 14. The molecule has 0 heterocycles. The quantitative estimate of drug-likeness (QED) is 0.0210. The number of carbonyl (C=O) groups is 2. The second-order valence-electron chi connectivity index (χ2n) is 11.1. The van der Waals surface area contributed by atoms with Gasteiger partial charge >= 0.3 is 0 Å². The van der Waals surface area contributed by atoms with Crippen LogP contribution in [-0.2, 0) is 0 Å². The SMILES string of the molecule is [N-]=[N+]=Nc1ccc(C=O)c(OCCCCCCCCCCSSCCCCCCCCCCOc2cc(N=[N+]=[N-])ccc2C=O)c1. The van der Waals surface area contributed by atoms with Gasteiger partial charge in [0.25, 0.3) is 0 Å². The molecule has 250 valence electrons. The van der Waals surface area contributed by atoms with Gasteiger partial charge in [-0.3, -0.25) is 9.59 Å². The van der Waals surface area contributed by atoms with Crippen molar-refractivity contribution < 1.29 is 19.1 Å². The highest BCUT2D eigenvalue weighted by atomic mass is 33.1. The second kappa shape index (κ2) is 26.9. The molecule has 0 radical (unpaired) electrons. The number of carbonyl (C=O) groups excluding carboxylic acids is 2. The molecular weight excluding hydrogens is 621 g/mol. The number of benzene rings is 2. The standard InChI is InChI=1S/C34H48N6O4S2/c35-39-37-31-19-17-29(27-41)33(25-31)43-21-13-9-5-1-3-7-11-15-23-45-46-24-16-12-8-4-2-6-10-14-22-44-34-26-32(38-40-36)20-18-30(34)28-42/h17-20,25-28H,1-16,21-24H2. The molecule has 0 aromatic heterocycles. The van der Waals surface area contributed by atoms with Crippen molar-refractivity contribution in [2.75, 3.05) is 24.7 Å². The van der Waals surface area contributed by atoms with Crippen LogP contribution >= 0.6 is 21.6 Å². The lowest BCUT2D eigenvalue weighted by molar-refractivity contribution is 0.111. The Morgan fingerprint density at radius 1 is 0.543 bits per heavy atom. The largest absolute Gasteiger partial charge is 0.493 e. The fourth-order valence-electron chi connectivity index (χ4n) is 4.85. The van der Waals surface area contributed by atoms with Gasteiger partial charge in [0.1, 0.15) is 11.5 Å². The van der Waals surface area contributed by atoms with Gasteiger partial charge in [0.05, 0.1) is 24.3 Å². The second-order valence-corrected chi connectivity index (χ2v) is 13.8. The summed E-state index contributed by atoms with van der Waals surface area (Å²) in [6, 6.07) is 9.66. The highest BCUT2D eigenvalue weighted by Gasteiger charge is 2.06. The molecule has 0 unspecified atom stereocenters. The van der Waals surface area contributed by atoms with Crippen LogP contribution in [0.3, 0.4) is 0 Å². The molecule has 0 aliphatic carbocycles. The first-order valence-electron chi connectivity index (χ1n) is 16.5. The molecule has 0 saturated carbocycles. The molecule has 0 saturated heterocycles.